The van der Waals surface area contributed by atoms with Crippen LogP contribution in [0.2, 0.25) is 0 Å². The van der Waals surface area contributed by atoms with Crippen LogP contribution in [0, 0.1) is 12.8 Å². The van der Waals surface area contributed by atoms with Crippen molar-refractivity contribution in [1.29, 1.82) is 0 Å². The molecule has 1 heterocycles. The number of urea groups is 1. The van der Waals surface area contributed by atoms with Crippen LogP contribution < -0.4 is 10.2 Å². The van der Waals surface area contributed by atoms with Gasteiger partial charge in [0.2, 0.25) is 0 Å². The summed E-state index contributed by atoms with van der Waals surface area (Å²) in [7, 11) is 0. The van der Waals surface area contributed by atoms with E-state index in [0.29, 0.717) is 11.6 Å². The number of imide groups is 1. The second-order valence-electron chi connectivity index (χ2n) is 6.34. The van der Waals surface area contributed by atoms with Gasteiger partial charge in [-0.2, -0.15) is 0 Å². The number of nitrogens with one attached hydrogen (secondary N) is 1. The minimum Gasteiger partial charge on any atom is -0.323 e. The van der Waals surface area contributed by atoms with Crippen molar-refractivity contribution < 1.29 is 9.59 Å². The molecule has 4 nitrogen and oxygen atoms in total. The Balaban J connectivity index is 1.84. The monoisotopic (exact) mass is 286 g/mol. The van der Waals surface area contributed by atoms with E-state index in [1.165, 1.54) is 4.90 Å². The average Bonchev–Trinajstić information content (AvgIpc) is 2.72. The molecule has 21 heavy (non-hydrogen) atoms. The summed E-state index contributed by atoms with van der Waals surface area (Å²) >= 11 is 0. The van der Waals surface area contributed by atoms with E-state index >= 15 is 0 Å². The minimum atomic E-state index is -0.659. The standard InChI is InChI=1S/C17H22N2O2/c1-3-13-8-10-17(11-9-13)15(20)19(16(21)18-17)14-6-4-12(2)5-7-14/h4-7,13H,3,8-11H2,1-2H3,(H,18,21). The largest absolute Gasteiger partial charge is 0.329 e. The molecule has 112 valence electrons. The third-order valence-electron chi connectivity index (χ3n) is 4.99. The summed E-state index contributed by atoms with van der Waals surface area (Å²) in [6.07, 6.45) is 4.71. The fourth-order valence-corrected chi connectivity index (χ4v) is 3.47. The zero-order valence-electron chi connectivity index (χ0n) is 12.7. The lowest BCUT2D eigenvalue weighted by atomic mass is 9.75. The zero-order chi connectivity index (χ0) is 15.0. The number of rotatable bonds is 2. The van der Waals surface area contributed by atoms with Crippen molar-refractivity contribution in [3.8, 4) is 0 Å². The van der Waals surface area contributed by atoms with E-state index in [1.807, 2.05) is 31.2 Å². The Labute approximate surface area is 125 Å². The summed E-state index contributed by atoms with van der Waals surface area (Å²) in [6.45, 7) is 4.18. The van der Waals surface area contributed by atoms with Crippen molar-refractivity contribution in [3.63, 3.8) is 0 Å². The van der Waals surface area contributed by atoms with Crippen molar-refractivity contribution in [2.24, 2.45) is 5.92 Å². The number of carbonyl (C=O) groups excluding carboxylic acids is 2. The van der Waals surface area contributed by atoms with Gasteiger partial charge >= 0.3 is 6.03 Å². The van der Waals surface area contributed by atoms with Gasteiger partial charge in [0, 0.05) is 0 Å². The molecule has 4 heteroatoms. The topological polar surface area (TPSA) is 49.4 Å². The Kier molecular flexibility index (Phi) is 3.47. The molecule has 1 saturated carbocycles. The number of hydrogen-bond acceptors (Lipinski definition) is 2. The highest BCUT2D eigenvalue weighted by atomic mass is 16.2. The summed E-state index contributed by atoms with van der Waals surface area (Å²) in [5.74, 6) is 0.611. The van der Waals surface area contributed by atoms with Crippen LogP contribution in [0.3, 0.4) is 0 Å². The first-order valence-electron chi connectivity index (χ1n) is 7.79. The van der Waals surface area contributed by atoms with Gasteiger partial charge in [0.25, 0.3) is 5.91 Å². The summed E-state index contributed by atoms with van der Waals surface area (Å²) in [5, 5.41) is 2.96. The molecule has 1 aromatic carbocycles. The van der Waals surface area contributed by atoms with Crippen LogP contribution in [-0.4, -0.2) is 17.5 Å². The quantitative estimate of drug-likeness (QED) is 0.847. The van der Waals surface area contributed by atoms with Gasteiger partial charge in [0.15, 0.2) is 0 Å². The van der Waals surface area contributed by atoms with Crippen LogP contribution in [0.5, 0.6) is 0 Å². The maximum atomic E-state index is 12.8. The molecule has 1 N–H and O–H groups in total. The molecule has 1 spiro atoms. The molecule has 0 bridgehead atoms. The third-order valence-corrected chi connectivity index (χ3v) is 4.99. The van der Waals surface area contributed by atoms with Gasteiger partial charge in [-0.1, -0.05) is 31.0 Å². The van der Waals surface area contributed by atoms with E-state index in [2.05, 4.69) is 12.2 Å². The normalized spacial score (nSPS) is 29.0. The Morgan fingerprint density at radius 3 is 2.38 bits per heavy atom. The second kappa shape index (κ2) is 5.17. The van der Waals surface area contributed by atoms with E-state index in [1.54, 1.807) is 0 Å². The van der Waals surface area contributed by atoms with Gasteiger partial charge in [0.1, 0.15) is 5.54 Å². The van der Waals surface area contributed by atoms with Crippen molar-refractivity contribution in [2.45, 2.75) is 51.5 Å². The SMILES string of the molecule is CCC1CCC2(CC1)NC(=O)N(c1ccc(C)cc1)C2=O. The molecule has 2 aliphatic rings. The van der Waals surface area contributed by atoms with Crippen LogP contribution in [0.15, 0.2) is 24.3 Å². The van der Waals surface area contributed by atoms with Crippen molar-refractivity contribution in [2.75, 3.05) is 4.90 Å². The summed E-state index contributed by atoms with van der Waals surface area (Å²) in [4.78, 5) is 26.4. The number of aryl methyl sites for hydroxylation is 1. The van der Waals surface area contributed by atoms with Gasteiger partial charge in [-0.05, 0) is 50.7 Å². The first-order chi connectivity index (χ1) is 10.1. The molecule has 2 fully saturated rings. The van der Waals surface area contributed by atoms with Crippen LogP contribution in [0.1, 0.15) is 44.6 Å². The molecule has 3 amide bonds. The molecule has 1 aliphatic heterocycles. The summed E-state index contributed by atoms with van der Waals surface area (Å²) < 4.78 is 0. The molecule has 3 rings (SSSR count). The number of nitrogens with zero attached hydrogens (tertiary/aromatic N) is 1. The third kappa shape index (κ3) is 2.33. The Bertz CT molecular complexity index is 557. The van der Waals surface area contributed by atoms with E-state index in [-0.39, 0.29) is 11.9 Å². The predicted octanol–water partition coefficient (Wildman–Crippen LogP) is 3.39. The van der Waals surface area contributed by atoms with Gasteiger partial charge in [0.05, 0.1) is 5.69 Å². The van der Waals surface area contributed by atoms with E-state index in [4.69, 9.17) is 0 Å². The number of anilines is 1. The molecule has 1 saturated heterocycles. The van der Waals surface area contributed by atoms with Gasteiger partial charge < -0.3 is 5.32 Å². The molecule has 1 aromatic rings. The molecular formula is C17H22N2O2. The summed E-state index contributed by atoms with van der Waals surface area (Å²) in [6, 6.07) is 7.25. The highest BCUT2D eigenvalue weighted by Gasteiger charge is 2.52. The average molecular weight is 286 g/mol. The Morgan fingerprint density at radius 2 is 1.81 bits per heavy atom. The predicted molar refractivity (Wildman–Crippen MR) is 82.2 cm³/mol. The molecule has 1 aliphatic carbocycles. The lowest BCUT2D eigenvalue weighted by molar-refractivity contribution is -0.123. The highest BCUT2D eigenvalue weighted by molar-refractivity contribution is 6.23. The first kappa shape index (κ1) is 14.1. The molecule has 0 radical (unpaired) electrons. The van der Waals surface area contributed by atoms with E-state index < -0.39 is 5.54 Å². The number of benzene rings is 1. The number of amides is 3. The Hall–Kier alpha value is -1.84. The number of carbonyl (C=O) groups is 2. The van der Waals surface area contributed by atoms with Crippen molar-refractivity contribution in [1.82, 2.24) is 5.32 Å². The van der Waals surface area contributed by atoms with E-state index in [0.717, 1.165) is 37.7 Å². The van der Waals surface area contributed by atoms with E-state index in [9.17, 15) is 9.59 Å². The summed E-state index contributed by atoms with van der Waals surface area (Å²) in [5.41, 5.74) is 1.12. The molecule has 0 atom stereocenters. The van der Waals surface area contributed by atoms with Gasteiger partial charge in [-0.15, -0.1) is 0 Å². The van der Waals surface area contributed by atoms with Crippen LogP contribution in [0.4, 0.5) is 10.5 Å². The van der Waals surface area contributed by atoms with Crippen LogP contribution in [-0.2, 0) is 4.79 Å². The lowest BCUT2D eigenvalue weighted by Gasteiger charge is -2.34. The highest BCUT2D eigenvalue weighted by Crippen LogP contribution is 2.38. The fourth-order valence-electron chi connectivity index (χ4n) is 3.47. The minimum absolute atomic E-state index is 0.0779. The fraction of sp³-hybridized carbons (Fsp3) is 0.529. The van der Waals surface area contributed by atoms with Crippen molar-refractivity contribution in [3.05, 3.63) is 29.8 Å². The molecule has 0 aromatic heterocycles. The second-order valence-corrected chi connectivity index (χ2v) is 6.34. The smallest absolute Gasteiger partial charge is 0.323 e. The van der Waals surface area contributed by atoms with Crippen molar-refractivity contribution >= 4 is 17.6 Å². The van der Waals surface area contributed by atoms with Gasteiger partial charge in [-0.3, -0.25) is 4.79 Å². The Morgan fingerprint density at radius 1 is 1.19 bits per heavy atom. The molecule has 0 unspecified atom stereocenters. The van der Waals surface area contributed by atoms with Crippen LogP contribution >= 0.6 is 0 Å². The maximum absolute atomic E-state index is 12.8. The molecular weight excluding hydrogens is 264 g/mol. The lowest BCUT2D eigenvalue weighted by Crippen LogP contribution is -2.49. The maximum Gasteiger partial charge on any atom is 0.329 e. The van der Waals surface area contributed by atoms with Crippen LogP contribution in [0.25, 0.3) is 0 Å². The van der Waals surface area contributed by atoms with Gasteiger partial charge in [-0.25, -0.2) is 9.69 Å². The first-order valence-corrected chi connectivity index (χ1v) is 7.79. The number of hydrogen-bond donors (Lipinski definition) is 1. The zero-order valence-corrected chi connectivity index (χ0v) is 12.7.